The number of halogens is 1. The van der Waals surface area contributed by atoms with Gasteiger partial charge in [-0.1, -0.05) is 49.4 Å². The van der Waals surface area contributed by atoms with Crippen molar-refractivity contribution in [2.24, 2.45) is 0 Å². The van der Waals surface area contributed by atoms with E-state index in [-0.39, 0.29) is 43.1 Å². The second-order valence-electron chi connectivity index (χ2n) is 10.1. The smallest absolute Gasteiger partial charge is 0.244 e. The lowest BCUT2D eigenvalue weighted by atomic mass is 10.0. The number of amides is 2. The van der Waals surface area contributed by atoms with Crippen LogP contribution in [0.15, 0.2) is 72.8 Å². The van der Waals surface area contributed by atoms with Crippen LogP contribution in [0.25, 0.3) is 0 Å². The molecule has 3 aromatic carbocycles. The van der Waals surface area contributed by atoms with Crippen molar-refractivity contribution in [2.75, 3.05) is 23.4 Å². The molecule has 0 fully saturated rings. The molecule has 1 heterocycles. The van der Waals surface area contributed by atoms with Crippen LogP contribution >= 0.6 is 0 Å². The quantitative estimate of drug-likeness (QED) is 0.316. The van der Waals surface area contributed by atoms with Crippen molar-refractivity contribution >= 4 is 27.5 Å². The number of carbonyl (C=O) groups excluding carboxylic acids is 2. The van der Waals surface area contributed by atoms with Crippen LogP contribution < -0.4 is 19.1 Å². The van der Waals surface area contributed by atoms with Gasteiger partial charge in [-0.2, -0.15) is 0 Å². The summed E-state index contributed by atoms with van der Waals surface area (Å²) in [6.45, 7) is 4.73. The first-order chi connectivity index (χ1) is 20.1. The topological polar surface area (TPSA) is 105 Å². The highest BCUT2D eigenvalue weighted by Crippen LogP contribution is 2.36. The Morgan fingerprint density at radius 1 is 0.952 bits per heavy atom. The lowest BCUT2D eigenvalue weighted by Gasteiger charge is -2.34. The largest absolute Gasteiger partial charge is 0.454 e. The van der Waals surface area contributed by atoms with Gasteiger partial charge in [0.25, 0.3) is 0 Å². The van der Waals surface area contributed by atoms with Gasteiger partial charge in [-0.05, 0) is 55.7 Å². The molecule has 0 aliphatic carbocycles. The van der Waals surface area contributed by atoms with Gasteiger partial charge < -0.3 is 19.7 Å². The number of nitrogens with zero attached hydrogens (tertiary/aromatic N) is 2. The summed E-state index contributed by atoms with van der Waals surface area (Å²) < 4.78 is 52.1. The van der Waals surface area contributed by atoms with Crippen molar-refractivity contribution in [3.05, 3.63) is 89.7 Å². The number of fused-ring (bicyclic) bond motifs is 1. The van der Waals surface area contributed by atoms with E-state index in [1.54, 1.807) is 24.3 Å². The first-order valence-corrected chi connectivity index (χ1v) is 15.5. The fourth-order valence-electron chi connectivity index (χ4n) is 4.54. The van der Waals surface area contributed by atoms with E-state index in [1.165, 1.54) is 30.0 Å². The fraction of sp³-hybridized carbons (Fsp3) is 0.355. The van der Waals surface area contributed by atoms with E-state index >= 15 is 0 Å². The van der Waals surface area contributed by atoms with Gasteiger partial charge in [0.05, 0.1) is 11.4 Å². The molecule has 0 radical (unpaired) electrons. The van der Waals surface area contributed by atoms with E-state index in [0.717, 1.165) is 9.87 Å². The van der Waals surface area contributed by atoms with Crippen LogP contribution in [-0.4, -0.2) is 56.3 Å². The summed E-state index contributed by atoms with van der Waals surface area (Å²) in [5, 5.41) is 2.98. The molecule has 0 saturated carbocycles. The van der Waals surface area contributed by atoms with Crippen molar-refractivity contribution in [3.63, 3.8) is 0 Å². The molecule has 2 amide bonds. The number of rotatable bonds is 13. The molecule has 0 aromatic heterocycles. The molecular formula is C31H36FN3O6S. The monoisotopic (exact) mass is 597 g/mol. The summed E-state index contributed by atoms with van der Waals surface area (Å²) in [6.07, 6.45) is 0.878. The number of benzene rings is 3. The lowest BCUT2D eigenvalue weighted by Crippen LogP contribution is -2.54. The van der Waals surface area contributed by atoms with E-state index in [2.05, 4.69) is 5.32 Å². The van der Waals surface area contributed by atoms with Gasteiger partial charge in [-0.3, -0.25) is 13.9 Å². The number of sulfonamides is 1. The van der Waals surface area contributed by atoms with Crippen LogP contribution in [0.4, 0.5) is 10.1 Å². The SMILES string of the molecule is CC[C@@H](C)NC(=O)[C@H](Cc1ccccc1)N(Cc1ccc(F)cc1)C(=O)CN(c1ccc2c(c1)OCO2)S(=O)(=O)CC. The zero-order valence-electron chi connectivity index (χ0n) is 24.0. The molecule has 11 heteroatoms. The molecule has 0 saturated heterocycles. The van der Waals surface area contributed by atoms with Crippen molar-refractivity contribution in [3.8, 4) is 11.5 Å². The average molecular weight is 598 g/mol. The van der Waals surface area contributed by atoms with Crippen LogP contribution in [0, 0.1) is 5.82 Å². The molecule has 0 spiro atoms. The van der Waals surface area contributed by atoms with Crippen LogP contribution in [0.1, 0.15) is 38.3 Å². The Kier molecular flexibility index (Phi) is 10.1. The molecule has 224 valence electrons. The summed E-state index contributed by atoms with van der Waals surface area (Å²) in [6, 6.07) is 18.5. The van der Waals surface area contributed by atoms with Gasteiger partial charge in [0, 0.05) is 25.1 Å². The fourth-order valence-corrected chi connectivity index (χ4v) is 5.60. The summed E-state index contributed by atoms with van der Waals surface area (Å²) in [5.74, 6) is -0.800. The number of nitrogens with one attached hydrogen (secondary N) is 1. The molecule has 0 unspecified atom stereocenters. The Hall–Kier alpha value is -4.12. The molecule has 42 heavy (non-hydrogen) atoms. The number of carbonyl (C=O) groups is 2. The Morgan fingerprint density at radius 2 is 1.64 bits per heavy atom. The molecular weight excluding hydrogens is 561 g/mol. The summed E-state index contributed by atoms with van der Waals surface area (Å²) in [7, 11) is -3.93. The molecule has 4 rings (SSSR count). The number of anilines is 1. The van der Waals surface area contributed by atoms with Crippen LogP contribution in [-0.2, 0) is 32.6 Å². The van der Waals surface area contributed by atoms with Gasteiger partial charge in [0.15, 0.2) is 11.5 Å². The zero-order chi connectivity index (χ0) is 30.3. The lowest BCUT2D eigenvalue weighted by molar-refractivity contribution is -0.140. The highest BCUT2D eigenvalue weighted by atomic mass is 32.2. The minimum absolute atomic E-state index is 0.0101. The standard InChI is InChI=1S/C31H36FN3O6S/c1-4-22(3)33-31(37)27(17-23-9-7-6-8-10-23)34(19-24-11-13-25(32)14-12-24)30(36)20-35(42(38,39)5-2)26-15-16-28-29(18-26)41-21-40-28/h6-16,18,22,27H,4-5,17,19-21H2,1-3H3,(H,33,37)/t22-,27+/m1/s1. The van der Waals surface area contributed by atoms with E-state index < -0.39 is 34.3 Å². The molecule has 2 atom stereocenters. The van der Waals surface area contributed by atoms with Gasteiger partial charge >= 0.3 is 0 Å². The third-order valence-electron chi connectivity index (χ3n) is 7.16. The average Bonchev–Trinajstić information content (AvgIpc) is 3.47. The van der Waals surface area contributed by atoms with Crippen molar-refractivity contribution < 1.29 is 31.9 Å². The number of hydrogen-bond donors (Lipinski definition) is 1. The first kappa shape index (κ1) is 30.8. The highest BCUT2D eigenvalue weighted by Gasteiger charge is 2.34. The van der Waals surface area contributed by atoms with Gasteiger partial charge in [-0.25, -0.2) is 12.8 Å². The van der Waals surface area contributed by atoms with Crippen molar-refractivity contribution in [1.29, 1.82) is 0 Å². The van der Waals surface area contributed by atoms with Crippen molar-refractivity contribution in [1.82, 2.24) is 10.2 Å². The Balaban J connectivity index is 1.74. The van der Waals surface area contributed by atoms with Gasteiger partial charge in [-0.15, -0.1) is 0 Å². The Morgan fingerprint density at radius 3 is 2.31 bits per heavy atom. The third kappa shape index (κ3) is 7.58. The molecule has 3 aromatic rings. The summed E-state index contributed by atoms with van der Waals surface area (Å²) >= 11 is 0. The maximum atomic E-state index is 14.2. The second-order valence-corrected chi connectivity index (χ2v) is 12.3. The molecule has 1 aliphatic rings. The number of hydrogen-bond acceptors (Lipinski definition) is 6. The molecule has 1 aliphatic heterocycles. The molecule has 0 bridgehead atoms. The summed E-state index contributed by atoms with van der Waals surface area (Å²) in [5.41, 5.74) is 1.65. The highest BCUT2D eigenvalue weighted by molar-refractivity contribution is 7.92. The van der Waals surface area contributed by atoms with E-state index in [4.69, 9.17) is 9.47 Å². The minimum Gasteiger partial charge on any atom is -0.454 e. The van der Waals surface area contributed by atoms with Crippen LogP contribution in [0.3, 0.4) is 0 Å². The zero-order valence-corrected chi connectivity index (χ0v) is 24.8. The second kappa shape index (κ2) is 13.7. The maximum absolute atomic E-state index is 14.2. The Labute approximate surface area is 246 Å². The van der Waals surface area contributed by atoms with Crippen LogP contribution in [0.5, 0.6) is 11.5 Å². The van der Waals surface area contributed by atoms with E-state index in [0.29, 0.717) is 23.5 Å². The molecule has 9 nitrogen and oxygen atoms in total. The normalized spacial score (nSPS) is 13.7. The third-order valence-corrected chi connectivity index (χ3v) is 8.90. The first-order valence-electron chi connectivity index (χ1n) is 13.9. The van der Waals surface area contributed by atoms with Crippen LogP contribution in [0.2, 0.25) is 0 Å². The van der Waals surface area contributed by atoms with E-state index in [9.17, 15) is 22.4 Å². The Bertz CT molecular complexity index is 1480. The van der Waals surface area contributed by atoms with Gasteiger partial charge in [0.1, 0.15) is 18.4 Å². The predicted octanol–water partition coefficient (Wildman–Crippen LogP) is 4.27. The predicted molar refractivity (Wildman–Crippen MR) is 158 cm³/mol. The van der Waals surface area contributed by atoms with Gasteiger partial charge in [0.2, 0.25) is 28.6 Å². The maximum Gasteiger partial charge on any atom is 0.244 e. The number of ether oxygens (including phenoxy) is 2. The summed E-state index contributed by atoms with van der Waals surface area (Å²) in [4.78, 5) is 29.3. The van der Waals surface area contributed by atoms with E-state index in [1.807, 2.05) is 44.2 Å². The molecule has 1 N–H and O–H groups in total. The minimum atomic E-state index is -3.93. The van der Waals surface area contributed by atoms with Crippen molar-refractivity contribution in [2.45, 2.75) is 52.2 Å².